The zero-order chi connectivity index (χ0) is 21.8. The summed E-state index contributed by atoms with van der Waals surface area (Å²) in [5.41, 5.74) is 14.0. The van der Waals surface area contributed by atoms with Crippen molar-refractivity contribution in [2.75, 3.05) is 0 Å². The van der Waals surface area contributed by atoms with E-state index in [4.69, 9.17) is 0 Å². The summed E-state index contributed by atoms with van der Waals surface area (Å²) >= 11 is 0. The van der Waals surface area contributed by atoms with Crippen molar-refractivity contribution in [3.8, 4) is 45.2 Å². The van der Waals surface area contributed by atoms with E-state index >= 15 is 0 Å². The molecule has 150 valence electrons. The normalized spacial score (nSPS) is 11.1. The Balaban J connectivity index is 2.32. The van der Waals surface area contributed by atoms with Crippen LogP contribution in [0.25, 0.3) is 22.3 Å². The lowest BCUT2D eigenvalue weighted by molar-refractivity contribution is 1.53. The lowest BCUT2D eigenvalue weighted by Gasteiger charge is -2.13. The van der Waals surface area contributed by atoms with Gasteiger partial charge in [-0.05, 0) is 34.4 Å². The monoisotopic (exact) mass is 422 g/mol. The van der Waals surface area contributed by atoms with Crippen molar-refractivity contribution in [3.63, 3.8) is 0 Å². The van der Waals surface area contributed by atoms with E-state index in [0.717, 1.165) is 11.1 Å². The van der Waals surface area contributed by atoms with Crippen molar-refractivity contribution < 1.29 is 0 Å². The Kier molecular flexibility index (Phi) is 6.52. The molecule has 0 radical (unpaired) electrons. The molecule has 0 amide bonds. The van der Waals surface area contributed by atoms with Gasteiger partial charge in [-0.1, -0.05) is 112 Å². The number of hydrogen-bond acceptors (Lipinski definition) is 0. The molecule has 3 aromatic carbocycles. The summed E-state index contributed by atoms with van der Waals surface area (Å²) < 4.78 is 0. The van der Waals surface area contributed by atoms with Crippen LogP contribution in [0.5, 0.6) is 0 Å². The zero-order valence-corrected chi connectivity index (χ0v) is 20.9. The summed E-state index contributed by atoms with van der Waals surface area (Å²) in [7, 11) is -3.00. The Morgan fingerprint density at radius 2 is 0.833 bits per heavy atom. The molecule has 0 atom stereocenters. The molecule has 0 bridgehead atoms. The molecule has 0 spiro atoms. The van der Waals surface area contributed by atoms with Crippen molar-refractivity contribution >= 4 is 16.1 Å². The van der Waals surface area contributed by atoms with Crippen molar-refractivity contribution in [3.05, 3.63) is 83.9 Å². The van der Waals surface area contributed by atoms with Crippen LogP contribution in [0.15, 0.2) is 72.8 Å². The minimum Gasteiger partial charge on any atom is -0.127 e. The summed E-state index contributed by atoms with van der Waals surface area (Å²) in [6.07, 6.45) is 0. The van der Waals surface area contributed by atoms with Crippen molar-refractivity contribution in [2.45, 2.75) is 39.3 Å². The minimum absolute atomic E-state index is 1.08. The van der Waals surface area contributed by atoms with Gasteiger partial charge in [0.25, 0.3) is 0 Å². The molecule has 0 aliphatic rings. The molecule has 3 rings (SSSR count). The van der Waals surface area contributed by atoms with Gasteiger partial charge in [0.2, 0.25) is 0 Å². The molecule has 0 saturated carbocycles. The molecule has 0 unspecified atom stereocenters. The molecule has 0 N–H and O–H groups in total. The molecule has 0 fully saturated rings. The number of rotatable bonds is 2. The van der Waals surface area contributed by atoms with Gasteiger partial charge in [0.05, 0.1) is 0 Å². The van der Waals surface area contributed by atoms with Gasteiger partial charge in [-0.25, -0.2) is 0 Å². The van der Waals surface area contributed by atoms with E-state index in [0.29, 0.717) is 0 Å². The average molecular weight is 423 g/mol. The Morgan fingerprint density at radius 3 is 1.13 bits per heavy atom. The summed E-state index contributed by atoms with van der Waals surface area (Å²) in [6.45, 7) is 13.7. The minimum atomic E-state index is -1.50. The van der Waals surface area contributed by atoms with E-state index in [2.05, 4.69) is 135 Å². The van der Waals surface area contributed by atoms with Crippen LogP contribution < -0.4 is 0 Å². The van der Waals surface area contributed by atoms with Crippen LogP contribution in [0, 0.1) is 22.9 Å². The molecule has 0 aliphatic heterocycles. The van der Waals surface area contributed by atoms with E-state index in [-0.39, 0.29) is 0 Å². The largest absolute Gasteiger partial charge is 0.129 e. The molecule has 0 aromatic heterocycles. The average Bonchev–Trinajstić information content (AvgIpc) is 2.70. The van der Waals surface area contributed by atoms with Gasteiger partial charge in [0.15, 0.2) is 0 Å². The molecule has 30 heavy (non-hydrogen) atoms. The highest BCUT2D eigenvalue weighted by molar-refractivity contribution is 6.84. The topological polar surface area (TPSA) is 0 Å². The van der Waals surface area contributed by atoms with Crippen LogP contribution >= 0.6 is 0 Å². The summed E-state index contributed by atoms with van der Waals surface area (Å²) in [5, 5.41) is 0. The van der Waals surface area contributed by atoms with Crippen LogP contribution in [-0.2, 0) is 0 Å². The third kappa shape index (κ3) is 6.10. The maximum absolute atomic E-state index is 3.56. The first kappa shape index (κ1) is 21.9. The Labute approximate surface area is 184 Å². The van der Waals surface area contributed by atoms with Crippen molar-refractivity contribution in [2.24, 2.45) is 0 Å². The molecule has 0 aliphatic carbocycles. The predicted molar refractivity (Wildman–Crippen MR) is 138 cm³/mol. The lowest BCUT2D eigenvalue weighted by atomic mass is 9.91. The molecule has 3 aromatic rings. The van der Waals surface area contributed by atoms with Gasteiger partial charge in [0, 0.05) is 11.1 Å². The molecule has 0 saturated heterocycles. The second-order valence-electron chi connectivity index (χ2n) is 9.68. The molecular weight excluding hydrogens is 392 g/mol. The highest BCUT2D eigenvalue weighted by atomic mass is 28.3. The van der Waals surface area contributed by atoms with Gasteiger partial charge in [0.1, 0.15) is 16.1 Å². The predicted octanol–water partition coefficient (Wildman–Crippen LogP) is 7.48. The lowest BCUT2D eigenvalue weighted by Crippen LogP contribution is -2.16. The zero-order valence-electron chi connectivity index (χ0n) is 18.9. The van der Waals surface area contributed by atoms with Crippen LogP contribution in [-0.4, -0.2) is 16.1 Å². The first-order valence-corrected chi connectivity index (χ1v) is 17.5. The molecule has 0 nitrogen and oxygen atoms in total. The van der Waals surface area contributed by atoms with Crippen molar-refractivity contribution in [1.29, 1.82) is 0 Å². The first-order chi connectivity index (χ1) is 14.1. The smallest absolute Gasteiger partial charge is 0.127 e. The fourth-order valence-corrected chi connectivity index (χ4v) is 4.05. The number of hydrogen-bond donors (Lipinski definition) is 0. The van der Waals surface area contributed by atoms with Gasteiger partial charge < -0.3 is 0 Å². The van der Waals surface area contributed by atoms with Crippen LogP contribution in [0.3, 0.4) is 0 Å². The van der Waals surface area contributed by atoms with E-state index in [1.165, 1.54) is 22.3 Å². The maximum atomic E-state index is 3.56. The Bertz CT molecular complexity index is 1040. The van der Waals surface area contributed by atoms with Crippen LogP contribution in [0.2, 0.25) is 39.3 Å². The summed E-state index contributed by atoms with van der Waals surface area (Å²) in [5.74, 6) is 7.07. The first-order valence-electron chi connectivity index (χ1n) is 10.5. The van der Waals surface area contributed by atoms with Gasteiger partial charge in [-0.3, -0.25) is 0 Å². The Morgan fingerprint density at radius 1 is 0.500 bits per heavy atom. The highest BCUT2D eigenvalue weighted by Gasteiger charge is 2.14. The Hall–Kier alpha value is -2.79. The summed E-state index contributed by atoms with van der Waals surface area (Å²) in [6, 6.07) is 25.6. The third-order valence-corrected chi connectivity index (χ3v) is 6.22. The maximum Gasteiger partial charge on any atom is 0.129 e. The quantitative estimate of drug-likeness (QED) is 0.297. The summed E-state index contributed by atoms with van der Waals surface area (Å²) in [4.78, 5) is 0. The van der Waals surface area contributed by atoms with Crippen LogP contribution in [0.4, 0.5) is 0 Å². The second-order valence-corrected chi connectivity index (χ2v) is 19.2. The molecular formula is C28H30Si2. The fourth-order valence-electron chi connectivity index (χ4n) is 3.03. The number of benzene rings is 3. The standard InChI is InChI=1S/C28H30Si2/c1-29(2,3)19-17-25-21-28(24-15-11-8-12-16-24)26(18-20-30(4,5)6)22-27(25)23-13-9-7-10-14-23/h7-16,21-22H,1-6H3. The van der Waals surface area contributed by atoms with E-state index < -0.39 is 16.1 Å². The van der Waals surface area contributed by atoms with Gasteiger partial charge in [-0.15, -0.1) is 11.1 Å². The molecule has 0 heterocycles. The highest BCUT2D eigenvalue weighted by Crippen LogP contribution is 2.32. The van der Waals surface area contributed by atoms with Crippen molar-refractivity contribution in [1.82, 2.24) is 0 Å². The van der Waals surface area contributed by atoms with E-state index in [9.17, 15) is 0 Å². The van der Waals surface area contributed by atoms with Crippen LogP contribution in [0.1, 0.15) is 11.1 Å². The second kappa shape index (κ2) is 8.92. The molecule has 2 heteroatoms. The van der Waals surface area contributed by atoms with Gasteiger partial charge >= 0.3 is 0 Å². The van der Waals surface area contributed by atoms with E-state index in [1.807, 2.05) is 0 Å². The van der Waals surface area contributed by atoms with Gasteiger partial charge in [-0.2, -0.15) is 0 Å². The third-order valence-electron chi connectivity index (χ3n) is 4.47. The SMILES string of the molecule is C[Si](C)(C)C#Cc1cc(-c2ccccc2)c(C#C[Si](C)(C)C)cc1-c1ccccc1. The fraction of sp³-hybridized carbons (Fsp3) is 0.214. The van der Waals surface area contributed by atoms with E-state index in [1.54, 1.807) is 0 Å².